The van der Waals surface area contributed by atoms with E-state index < -0.39 is 0 Å². The lowest BCUT2D eigenvalue weighted by Gasteiger charge is -2.65. The van der Waals surface area contributed by atoms with Gasteiger partial charge in [0.25, 0.3) is 0 Å². The maximum absolute atomic E-state index is 2.74. The second-order valence-corrected chi connectivity index (χ2v) is 10.3. The van der Waals surface area contributed by atoms with Gasteiger partial charge in [0.2, 0.25) is 0 Å². The SMILES string of the molecule is CC[C@H]1CC[C@H]2[C@]3(C)CCC4CCCC[C@]4(C)[C@H]3CC[C@]12C. The van der Waals surface area contributed by atoms with Crippen LogP contribution in [0, 0.1) is 39.9 Å². The molecule has 4 fully saturated rings. The summed E-state index contributed by atoms with van der Waals surface area (Å²) in [4.78, 5) is 0. The van der Waals surface area contributed by atoms with Crippen LogP contribution in [0.3, 0.4) is 0 Å². The molecule has 0 radical (unpaired) electrons. The van der Waals surface area contributed by atoms with E-state index in [9.17, 15) is 0 Å². The average Bonchev–Trinajstić information content (AvgIpc) is 2.84. The Morgan fingerprint density at radius 3 is 2.18 bits per heavy atom. The van der Waals surface area contributed by atoms with Crippen molar-refractivity contribution in [2.75, 3.05) is 0 Å². The molecule has 0 heterocycles. The topological polar surface area (TPSA) is 0 Å². The van der Waals surface area contributed by atoms with E-state index in [-0.39, 0.29) is 0 Å². The van der Waals surface area contributed by atoms with Crippen molar-refractivity contribution in [3.05, 3.63) is 0 Å². The van der Waals surface area contributed by atoms with Crippen LogP contribution in [-0.4, -0.2) is 0 Å². The van der Waals surface area contributed by atoms with Crippen molar-refractivity contribution in [3.8, 4) is 0 Å². The maximum atomic E-state index is 2.74. The minimum absolute atomic E-state index is 0.666. The Hall–Kier alpha value is 0. The molecule has 4 aliphatic rings. The summed E-state index contributed by atoms with van der Waals surface area (Å²) in [5, 5.41) is 0. The zero-order chi connectivity index (χ0) is 15.6. The summed E-state index contributed by atoms with van der Waals surface area (Å²) < 4.78 is 0. The highest BCUT2D eigenvalue weighted by Crippen LogP contribution is 2.72. The molecule has 0 saturated heterocycles. The van der Waals surface area contributed by atoms with Gasteiger partial charge < -0.3 is 0 Å². The van der Waals surface area contributed by atoms with E-state index in [0.717, 1.165) is 23.7 Å². The molecule has 0 aromatic carbocycles. The van der Waals surface area contributed by atoms with Crippen molar-refractivity contribution in [1.29, 1.82) is 0 Å². The minimum Gasteiger partial charge on any atom is -0.0651 e. The Morgan fingerprint density at radius 1 is 0.682 bits per heavy atom. The molecule has 7 atom stereocenters. The van der Waals surface area contributed by atoms with Gasteiger partial charge in [0, 0.05) is 0 Å². The quantitative estimate of drug-likeness (QED) is 0.497. The Balaban J connectivity index is 1.70. The molecule has 0 amide bonds. The van der Waals surface area contributed by atoms with E-state index in [1.165, 1.54) is 25.7 Å². The summed E-state index contributed by atoms with van der Waals surface area (Å²) >= 11 is 0. The lowest BCUT2D eigenvalue weighted by atomic mass is 9.39. The lowest BCUT2D eigenvalue weighted by molar-refractivity contribution is -0.164. The van der Waals surface area contributed by atoms with Gasteiger partial charge in [0.05, 0.1) is 0 Å². The molecule has 0 bridgehead atoms. The highest BCUT2D eigenvalue weighted by molar-refractivity contribution is 5.13. The molecule has 0 N–H and O–H groups in total. The van der Waals surface area contributed by atoms with Gasteiger partial charge in [-0.25, -0.2) is 0 Å². The van der Waals surface area contributed by atoms with Crippen LogP contribution in [0.15, 0.2) is 0 Å². The highest BCUT2D eigenvalue weighted by atomic mass is 14.7. The van der Waals surface area contributed by atoms with Gasteiger partial charge >= 0.3 is 0 Å². The van der Waals surface area contributed by atoms with Gasteiger partial charge in [-0.3, -0.25) is 0 Å². The summed E-state index contributed by atoms with van der Waals surface area (Å²) in [7, 11) is 0. The summed E-state index contributed by atoms with van der Waals surface area (Å²) in [6.07, 6.45) is 16.8. The molecule has 0 aliphatic heterocycles. The third-order valence-corrected chi connectivity index (χ3v) is 9.87. The van der Waals surface area contributed by atoms with Gasteiger partial charge in [0.1, 0.15) is 0 Å². The lowest BCUT2D eigenvalue weighted by Crippen LogP contribution is -2.58. The Kier molecular flexibility index (Phi) is 3.53. The number of fused-ring (bicyclic) bond motifs is 5. The van der Waals surface area contributed by atoms with E-state index >= 15 is 0 Å². The first kappa shape index (κ1) is 15.5. The standard InChI is InChI=1S/C22H38/c1-5-16-9-10-18-21(16,3)15-12-19-20(2)13-7-6-8-17(20)11-14-22(18,19)4/h16-19H,5-15H2,1-4H3/t16-,17?,18+,19+,20-,21+,22-/m0/s1. The highest BCUT2D eigenvalue weighted by Gasteiger charge is 2.64. The Bertz CT molecular complexity index is 439. The van der Waals surface area contributed by atoms with Crippen LogP contribution in [0.1, 0.15) is 98.3 Å². The molecule has 0 nitrogen and oxygen atoms in total. The number of hydrogen-bond donors (Lipinski definition) is 0. The predicted octanol–water partition coefficient (Wildman–Crippen LogP) is 6.84. The monoisotopic (exact) mass is 302 g/mol. The van der Waals surface area contributed by atoms with E-state index in [4.69, 9.17) is 0 Å². The molecule has 0 aromatic rings. The number of hydrogen-bond acceptors (Lipinski definition) is 0. The minimum atomic E-state index is 0.666. The van der Waals surface area contributed by atoms with Crippen LogP contribution in [0.25, 0.3) is 0 Å². The smallest absolute Gasteiger partial charge is 0.0259 e. The molecular formula is C22H38. The van der Waals surface area contributed by atoms with Gasteiger partial charge in [-0.2, -0.15) is 0 Å². The van der Waals surface area contributed by atoms with E-state index in [2.05, 4.69) is 27.7 Å². The van der Waals surface area contributed by atoms with E-state index in [0.29, 0.717) is 16.2 Å². The number of rotatable bonds is 1. The van der Waals surface area contributed by atoms with Crippen molar-refractivity contribution in [3.63, 3.8) is 0 Å². The molecular weight excluding hydrogens is 264 g/mol. The molecule has 22 heavy (non-hydrogen) atoms. The second kappa shape index (κ2) is 5.00. The molecule has 126 valence electrons. The molecule has 0 aromatic heterocycles. The normalized spacial score (nSPS) is 57.8. The maximum Gasteiger partial charge on any atom is -0.0259 e. The van der Waals surface area contributed by atoms with Crippen LogP contribution >= 0.6 is 0 Å². The molecule has 4 saturated carbocycles. The fourth-order valence-electron chi connectivity index (χ4n) is 8.75. The first-order valence-electron chi connectivity index (χ1n) is 10.4. The fourth-order valence-corrected chi connectivity index (χ4v) is 8.75. The zero-order valence-electron chi connectivity index (χ0n) is 15.6. The van der Waals surface area contributed by atoms with Crippen molar-refractivity contribution in [2.45, 2.75) is 98.3 Å². The zero-order valence-corrected chi connectivity index (χ0v) is 15.6. The van der Waals surface area contributed by atoms with Crippen LogP contribution in [0.5, 0.6) is 0 Å². The first-order valence-corrected chi connectivity index (χ1v) is 10.4. The van der Waals surface area contributed by atoms with Crippen molar-refractivity contribution in [1.82, 2.24) is 0 Å². The largest absolute Gasteiger partial charge is 0.0651 e. The predicted molar refractivity (Wildman–Crippen MR) is 94.7 cm³/mol. The summed E-state index contributed by atoms with van der Waals surface area (Å²) in [5.41, 5.74) is 2.04. The van der Waals surface area contributed by atoms with Gasteiger partial charge in [-0.1, -0.05) is 47.0 Å². The average molecular weight is 303 g/mol. The molecule has 0 heteroatoms. The van der Waals surface area contributed by atoms with Crippen molar-refractivity contribution in [2.24, 2.45) is 39.9 Å². The van der Waals surface area contributed by atoms with E-state index in [1.807, 2.05) is 0 Å². The van der Waals surface area contributed by atoms with E-state index in [1.54, 1.807) is 44.9 Å². The Labute approximate surface area is 138 Å². The van der Waals surface area contributed by atoms with Crippen LogP contribution < -0.4 is 0 Å². The molecule has 1 unspecified atom stereocenters. The summed E-state index contributed by atoms with van der Waals surface area (Å²) in [5.74, 6) is 4.15. The van der Waals surface area contributed by atoms with Crippen molar-refractivity contribution >= 4 is 0 Å². The molecule has 4 aliphatic carbocycles. The third-order valence-electron chi connectivity index (χ3n) is 9.87. The van der Waals surface area contributed by atoms with Gasteiger partial charge in [-0.05, 0) is 91.3 Å². The van der Waals surface area contributed by atoms with Crippen molar-refractivity contribution < 1.29 is 0 Å². The third kappa shape index (κ3) is 1.82. The molecule has 4 rings (SSSR count). The van der Waals surface area contributed by atoms with Crippen LogP contribution in [0.4, 0.5) is 0 Å². The van der Waals surface area contributed by atoms with Gasteiger partial charge in [-0.15, -0.1) is 0 Å². The summed E-state index contributed by atoms with van der Waals surface area (Å²) in [6, 6.07) is 0. The first-order chi connectivity index (χ1) is 10.4. The Morgan fingerprint density at radius 2 is 1.41 bits per heavy atom. The second-order valence-electron chi connectivity index (χ2n) is 10.3. The molecule has 0 spiro atoms. The van der Waals surface area contributed by atoms with Crippen LogP contribution in [0.2, 0.25) is 0 Å². The summed E-state index contributed by atoms with van der Waals surface area (Å²) in [6.45, 7) is 10.6. The fraction of sp³-hybridized carbons (Fsp3) is 1.00. The van der Waals surface area contributed by atoms with Gasteiger partial charge in [0.15, 0.2) is 0 Å². The van der Waals surface area contributed by atoms with Crippen LogP contribution in [-0.2, 0) is 0 Å².